The molecule has 27 heavy (non-hydrogen) atoms. The Bertz CT molecular complexity index is 879. The van der Waals surface area contributed by atoms with E-state index in [1.807, 2.05) is 19.1 Å². The molecule has 0 aliphatic rings. The van der Waals surface area contributed by atoms with E-state index in [2.05, 4.69) is 42.4 Å². The number of hydrazone groups is 1. The van der Waals surface area contributed by atoms with E-state index in [1.54, 1.807) is 6.07 Å². The molecule has 0 aliphatic carbocycles. The van der Waals surface area contributed by atoms with E-state index >= 15 is 0 Å². The van der Waals surface area contributed by atoms with Crippen LogP contribution in [0.3, 0.4) is 0 Å². The van der Waals surface area contributed by atoms with Crippen LogP contribution in [0.4, 0.5) is 5.69 Å². The van der Waals surface area contributed by atoms with Crippen LogP contribution in [-0.4, -0.2) is 30.8 Å². The second-order valence-electron chi connectivity index (χ2n) is 5.33. The van der Waals surface area contributed by atoms with Gasteiger partial charge in [-0.3, -0.25) is 14.9 Å². The summed E-state index contributed by atoms with van der Waals surface area (Å²) in [7, 11) is 1.35. The predicted octanol–water partition coefficient (Wildman–Crippen LogP) is 3.97. The molecule has 0 unspecified atom stereocenters. The fraction of sp³-hybridized carbons (Fsp3) is 0.176. The fourth-order valence-electron chi connectivity index (χ4n) is 2.10. The Hall–Kier alpha value is -2.46. The molecule has 8 nitrogen and oxygen atoms in total. The number of rotatable bonds is 7. The average molecular weight is 501 g/mol. The van der Waals surface area contributed by atoms with Gasteiger partial charge in [-0.15, -0.1) is 0 Å². The van der Waals surface area contributed by atoms with Gasteiger partial charge in [-0.1, -0.05) is 0 Å². The summed E-state index contributed by atoms with van der Waals surface area (Å²) >= 11 is 6.76. The third-order valence-corrected chi connectivity index (χ3v) is 4.47. The summed E-state index contributed by atoms with van der Waals surface area (Å²) in [6.45, 7) is 1.69. The zero-order valence-electron chi connectivity index (χ0n) is 14.4. The maximum atomic E-state index is 11.9. The van der Waals surface area contributed by atoms with Crippen LogP contribution >= 0.6 is 31.9 Å². The first kappa shape index (κ1) is 20.8. The molecule has 10 heteroatoms. The zero-order chi connectivity index (χ0) is 20.0. The van der Waals surface area contributed by atoms with Crippen molar-refractivity contribution in [3.63, 3.8) is 0 Å². The zero-order valence-corrected chi connectivity index (χ0v) is 17.5. The Morgan fingerprint density at radius 2 is 1.96 bits per heavy atom. The van der Waals surface area contributed by atoms with E-state index in [9.17, 15) is 14.9 Å². The highest BCUT2D eigenvalue weighted by molar-refractivity contribution is 9.11. The number of nitro benzene ring substituents is 1. The number of hydrogen-bond acceptors (Lipinski definition) is 6. The summed E-state index contributed by atoms with van der Waals surface area (Å²) < 4.78 is 11.8. The third-order valence-electron chi connectivity index (χ3n) is 3.29. The molecule has 142 valence electrons. The minimum absolute atomic E-state index is 0.142. The molecule has 0 saturated carbocycles. The summed E-state index contributed by atoms with van der Waals surface area (Å²) in [5, 5.41) is 14.8. The minimum atomic E-state index is -0.556. The molecule has 0 aromatic heterocycles. The van der Waals surface area contributed by atoms with Crippen molar-refractivity contribution in [2.75, 3.05) is 13.7 Å². The van der Waals surface area contributed by atoms with Gasteiger partial charge in [0.15, 0.2) is 12.4 Å². The number of ether oxygens (including phenoxy) is 2. The van der Waals surface area contributed by atoms with Crippen molar-refractivity contribution in [3.8, 4) is 11.5 Å². The Labute approximate surface area is 172 Å². The smallest absolute Gasteiger partial charge is 0.311 e. The van der Waals surface area contributed by atoms with Crippen LogP contribution < -0.4 is 14.9 Å². The number of nitrogens with zero attached hydrogens (tertiary/aromatic N) is 2. The Morgan fingerprint density at radius 1 is 1.30 bits per heavy atom. The lowest BCUT2D eigenvalue weighted by molar-refractivity contribution is -0.385. The normalized spacial score (nSPS) is 10.7. The number of carbonyl (C=O) groups is 1. The largest absolute Gasteiger partial charge is 0.490 e. The van der Waals surface area contributed by atoms with Crippen LogP contribution in [0.25, 0.3) is 0 Å². The highest BCUT2D eigenvalue weighted by atomic mass is 79.9. The standard InChI is InChI=1S/C17H15Br2N3O5/c1-10-5-12(18)17(13(19)6-10)27-9-16(23)21-20-8-11-3-4-15(26-2)14(7-11)22(24)25/h3-8H,9H2,1-2H3,(H,21,23). The highest BCUT2D eigenvalue weighted by Crippen LogP contribution is 2.34. The molecule has 0 fully saturated rings. The topological polar surface area (TPSA) is 103 Å². The monoisotopic (exact) mass is 499 g/mol. The number of hydrogen-bond donors (Lipinski definition) is 1. The summed E-state index contributed by atoms with van der Waals surface area (Å²) in [4.78, 5) is 22.3. The average Bonchev–Trinajstić information content (AvgIpc) is 2.60. The number of amides is 1. The Kier molecular flexibility index (Phi) is 7.31. The van der Waals surface area contributed by atoms with Crippen molar-refractivity contribution in [3.05, 3.63) is 60.5 Å². The van der Waals surface area contributed by atoms with Gasteiger partial charge in [-0.2, -0.15) is 5.10 Å². The third kappa shape index (κ3) is 5.76. The van der Waals surface area contributed by atoms with Gasteiger partial charge in [0.2, 0.25) is 0 Å². The van der Waals surface area contributed by atoms with Crippen molar-refractivity contribution < 1.29 is 19.2 Å². The molecule has 1 N–H and O–H groups in total. The summed E-state index contributed by atoms with van der Waals surface area (Å²) in [5.74, 6) is 0.169. The summed E-state index contributed by atoms with van der Waals surface area (Å²) in [5.41, 5.74) is 3.58. The molecule has 2 aromatic carbocycles. The minimum Gasteiger partial charge on any atom is -0.490 e. The van der Waals surface area contributed by atoms with Crippen molar-refractivity contribution >= 4 is 49.7 Å². The van der Waals surface area contributed by atoms with Crippen LogP contribution in [0, 0.1) is 17.0 Å². The lowest BCUT2D eigenvalue weighted by Crippen LogP contribution is -2.24. The van der Waals surface area contributed by atoms with Gasteiger partial charge in [0.1, 0.15) is 5.75 Å². The highest BCUT2D eigenvalue weighted by Gasteiger charge is 2.14. The molecule has 0 atom stereocenters. The number of halogens is 2. The van der Waals surface area contributed by atoms with Crippen LogP contribution in [0.1, 0.15) is 11.1 Å². The molecule has 0 radical (unpaired) electrons. The second-order valence-corrected chi connectivity index (χ2v) is 7.04. The van der Waals surface area contributed by atoms with Gasteiger partial charge in [-0.05, 0) is 68.6 Å². The quantitative estimate of drug-likeness (QED) is 0.352. The van der Waals surface area contributed by atoms with E-state index in [1.165, 1.54) is 25.5 Å². The van der Waals surface area contributed by atoms with Crippen molar-refractivity contribution in [2.45, 2.75) is 6.92 Å². The number of methoxy groups -OCH3 is 1. The summed E-state index contributed by atoms with van der Waals surface area (Å²) in [6, 6.07) is 8.07. The molecular weight excluding hydrogens is 486 g/mol. The number of benzene rings is 2. The molecule has 0 saturated heterocycles. The molecule has 2 rings (SSSR count). The Balaban J connectivity index is 1.96. The van der Waals surface area contributed by atoms with Gasteiger partial charge in [0, 0.05) is 11.6 Å². The first-order chi connectivity index (χ1) is 12.8. The maximum absolute atomic E-state index is 11.9. The molecular formula is C17H15Br2N3O5. The van der Waals surface area contributed by atoms with Crippen LogP contribution in [-0.2, 0) is 4.79 Å². The van der Waals surface area contributed by atoms with Crippen LogP contribution in [0.5, 0.6) is 11.5 Å². The van der Waals surface area contributed by atoms with Gasteiger partial charge >= 0.3 is 5.69 Å². The van der Waals surface area contributed by atoms with Crippen LogP contribution in [0.15, 0.2) is 44.4 Å². The van der Waals surface area contributed by atoms with Crippen molar-refractivity contribution in [1.29, 1.82) is 0 Å². The van der Waals surface area contributed by atoms with E-state index in [-0.39, 0.29) is 18.0 Å². The number of carbonyl (C=O) groups excluding carboxylic acids is 1. The van der Waals surface area contributed by atoms with Gasteiger partial charge in [-0.25, -0.2) is 5.43 Å². The Morgan fingerprint density at radius 3 is 2.56 bits per heavy atom. The second kappa shape index (κ2) is 9.47. The number of nitro groups is 1. The number of aryl methyl sites for hydroxylation is 1. The van der Waals surface area contributed by atoms with E-state index < -0.39 is 10.8 Å². The van der Waals surface area contributed by atoms with Gasteiger partial charge < -0.3 is 9.47 Å². The van der Waals surface area contributed by atoms with E-state index in [4.69, 9.17) is 9.47 Å². The lowest BCUT2D eigenvalue weighted by atomic mass is 10.2. The first-order valence-corrected chi connectivity index (χ1v) is 9.13. The van der Waals surface area contributed by atoms with E-state index in [0.717, 1.165) is 14.5 Å². The molecule has 1 amide bonds. The summed E-state index contributed by atoms with van der Waals surface area (Å²) in [6.07, 6.45) is 1.29. The number of nitrogens with one attached hydrogen (secondary N) is 1. The van der Waals surface area contributed by atoms with E-state index in [0.29, 0.717) is 11.3 Å². The maximum Gasteiger partial charge on any atom is 0.311 e. The SMILES string of the molecule is COc1ccc(C=NNC(=O)COc2c(Br)cc(C)cc2Br)cc1[N+](=O)[O-]. The molecule has 0 aliphatic heterocycles. The van der Waals surface area contributed by atoms with Crippen LogP contribution in [0.2, 0.25) is 0 Å². The molecule has 0 heterocycles. The molecule has 0 spiro atoms. The predicted molar refractivity (Wildman–Crippen MR) is 107 cm³/mol. The van der Waals surface area contributed by atoms with Gasteiger partial charge in [0.05, 0.1) is 27.2 Å². The van der Waals surface area contributed by atoms with Crippen molar-refractivity contribution in [1.82, 2.24) is 5.43 Å². The lowest BCUT2D eigenvalue weighted by Gasteiger charge is -2.10. The molecule has 0 bridgehead atoms. The van der Waals surface area contributed by atoms with Crippen molar-refractivity contribution in [2.24, 2.45) is 5.10 Å². The van der Waals surface area contributed by atoms with Gasteiger partial charge in [0.25, 0.3) is 5.91 Å². The first-order valence-electron chi connectivity index (χ1n) is 7.54. The molecule has 2 aromatic rings. The fourth-order valence-corrected chi connectivity index (χ4v) is 3.75.